The summed E-state index contributed by atoms with van der Waals surface area (Å²) in [5, 5.41) is 5.58. The number of nitrogens with one attached hydrogen (secondary N) is 3. The van der Waals surface area contributed by atoms with E-state index in [1.807, 2.05) is 0 Å². The molecule has 2 aromatic rings. The van der Waals surface area contributed by atoms with Gasteiger partial charge in [0.2, 0.25) is 11.8 Å². The number of carbonyl (C=O) groups is 2. The highest BCUT2D eigenvalue weighted by Gasteiger charge is 2.51. The first-order valence-corrected chi connectivity index (χ1v) is 12.6. The lowest BCUT2D eigenvalue weighted by atomic mass is 9.94. The van der Waals surface area contributed by atoms with E-state index in [1.54, 1.807) is 43.3 Å². The Morgan fingerprint density at radius 1 is 1.12 bits per heavy atom. The Kier molecular flexibility index (Phi) is 6.45. The molecule has 2 aliphatic rings. The van der Waals surface area contributed by atoms with Crippen LogP contribution in [-0.2, 0) is 29.8 Å². The third-order valence-electron chi connectivity index (χ3n) is 6.13. The summed E-state index contributed by atoms with van der Waals surface area (Å²) in [4.78, 5) is 24.3. The largest absolute Gasteiger partial charge is 0.376 e. The number of rotatable bonds is 8. The van der Waals surface area contributed by atoms with Crippen LogP contribution in [0.2, 0.25) is 0 Å². The van der Waals surface area contributed by atoms with Crippen LogP contribution in [-0.4, -0.2) is 39.5 Å². The van der Waals surface area contributed by atoms with Crippen molar-refractivity contribution in [1.29, 1.82) is 0 Å². The van der Waals surface area contributed by atoms with Crippen LogP contribution in [0.1, 0.15) is 43.7 Å². The molecule has 1 atom stereocenters. The molecule has 0 aromatic heterocycles. The molecule has 9 heteroatoms. The predicted octanol–water partition coefficient (Wildman–Crippen LogP) is 3.08. The van der Waals surface area contributed by atoms with E-state index < -0.39 is 15.4 Å². The molecule has 2 fully saturated rings. The summed E-state index contributed by atoms with van der Waals surface area (Å²) < 4.78 is 34.2. The van der Waals surface area contributed by atoms with Crippen molar-refractivity contribution in [2.45, 2.75) is 55.9 Å². The molecule has 0 unspecified atom stereocenters. The summed E-state index contributed by atoms with van der Waals surface area (Å²) in [6, 6.07) is 11.7. The van der Waals surface area contributed by atoms with Crippen molar-refractivity contribution in [2.75, 3.05) is 23.2 Å². The van der Waals surface area contributed by atoms with Gasteiger partial charge in [0.25, 0.3) is 10.0 Å². The summed E-state index contributed by atoms with van der Waals surface area (Å²) in [7, 11) is -3.94. The van der Waals surface area contributed by atoms with Gasteiger partial charge in [0.1, 0.15) is 4.90 Å². The number of sulfonamides is 1. The smallest absolute Gasteiger partial charge is 0.263 e. The minimum atomic E-state index is -3.94. The second kappa shape index (κ2) is 9.15. The van der Waals surface area contributed by atoms with E-state index in [4.69, 9.17) is 4.74 Å². The molecule has 1 aliphatic carbocycles. The van der Waals surface area contributed by atoms with Crippen LogP contribution in [0.15, 0.2) is 47.4 Å². The van der Waals surface area contributed by atoms with Gasteiger partial charge in [0.05, 0.1) is 17.2 Å². The van der Waals surface area contributed by atoms with Crippen molar-refractivity contribution >= 4 is 33.2 Å². The number of hydrogen-bond acceptors (Lipinski definition) is 5. The van der Waals surface area contributed by atoms with E-state index in [1.165, 1.54) is 13.0 Å². The molecule has 0 radical (unpaired) electrons. The quantitative estimate of drug-likeness (QED) is 0.548. The molecule has 176 valence electrons. The van der Waals surface area contributed by atoms with Crippen LogP contribution in [0.4, 0.5) is 11.4 Å². The Labute approximate surface area is 194 Å². The van der Waals surface area contributed by atoms with E-state index in [0.717, 1.165) is 43.4 Å². The fraction of sp³-hybridized carbons (Fsp3) is 0.417. The maximum absolute atomic E-state index is 13.0. The van der Waals surface area contributed by atoms with Gasteiger partial charge in [-0.3, -0.25) is 14.3 Å². The molecule has 4 rings (SSSR count). The van der Waals surface area contributed by atoms with Gasteiger partial charge in [0, 0.05) is 25.8 Å². The zero-order valence-electron chi connectivity index (χ0n) is 18.8. The van der Waals surface area contributed by atoms with Gasteiger partial charge < -0.3 is 15.4 Å². The Morgan fingerprint density at radius 3 is 2.45 bits per heavy atom. The van der Waals surface area contributed by atoms with Crippen molar-refractivity contribution < 1.29 is 22.7 Å². The molecule has 1 saturated carbocycles. The molecule has 33 heavy (non-hydrogen) atoms. The fourth-order valence-corrected chi connectivity index (χ4v) is 5.47. The minimum Gasteiger partial charge on any atom is -0.376 e. The monoisotopic (exact) mass is 471 g/mol. The summed E-state index contributed by atoms with van der Waals surface area (Å²) in [6.07, 6.45) is 3.60. The predicted molar refractivity (Wildman–Crippen MR) is 126 cm³/mol. The molecule has 3 N–H and O–H groups in total. The van der Waals surface area contributed by atoms with Crippen molar-refractivity contribution in [1.82, 2.24) is 5.32 Å². The second-order valence-electron chi connectivity index (χ2n) is 8.79. The number of carbonyl (C=O) groups excluding carboxylic acids is 2. The zero-order valence-corrected chi connectivity index (χ0v) is 19.6. The molecule has 0 bridgehead atoms. The lowest BCUT2D eigenvalue weighted by Crippen LogP contribution is -2.39. The van der Waals surface area contributed by atoms with Gasteiger partial charge in [-0.2, -0.15) is 0 Å². The van der Waals surface area contributed by atoms with Crippen LogP contribution < -0.4 is 15.4 Å². The number of aryl methyl sites for hydroxylation is 1. The van der Waals surface area contributed by atoms with Crippen molar-refractivity contribution in [3.63, 3.8) is 0 Å². The Balaban J connectivity index is 1.47. The van der Waals surface area contributed by atoms with Crippen LogP contribution in [0, 0.1) is 6.92 Å². The second-order valence-corrected chi connectivity index (χ2v) is 10.4. The first kappa shape index (κ1) is 23.3. The van der Waals surface area contributed by atoms with Gasteiger partial charge in [-0.25, -0.2) is 8.42 Å². The molecule has 2 aromatic carbocycles. The van der Waals surface area contributed by atoms with Crippen molar-refractivity contribution in [3.8, 4) is 0 Å². The average Bonchev–Trinajstić information content (AvgIpc) is 3.41. The highest BCUT2D eigenvalue weighted by Crippen LogP contribution is 2.48. The summed E-state index contributed by atoms with van der Waals surface area (Å²) in [5.41, 5.74) is 1.67. The minimum absolute atomic E-state index is 0.00560. The van der Waals surface area contributed by atoms with Crippen molar-refractivity contribution in [2.24, 2.45) is 0 Å². The Hall–Kier alpha value is -2.91. The number of anilines is 2. The molecule has 8 nitrogen and oxygen atoms in total. The van der Waals surface area contributed by atoms with E-state index >= 15 is 0 Å². The standard InChI is InChI=1S/C24H29N3O5S/c1-16-5-10-21(26-17(2)28)22(14-16)33(30,31)27-19-8-6-18(7-9-19)24(11-12-24)23(29)25-15-20-4-3-13-32-20/h5-10,14,20,27H,3-4,11-13,15H2,1-2H3,(H,25,29)(H,26,28)/t20-/m0/s1. The molecule has 2 amide bonds. The molecular weight excluding hydrogens is 442 g/mol. The summed E-state index contributed by atoms with van der Waals surface area (Å²) in [5.74, 6) is -0.363. The normalized spacial score (nSPS) is 19.0. The van der Waals surface area contributed by atoms with Gasteiger partial charge in [0.15, 0.2) is 0 Å². The first-order chi connectivity index (χ1) is 15.7. The van der Waals surface area contributed by atoms with Crippen LogP contribution >= 0.6 is 0 Å². The van der Waals surface area contributed by atoms with Gasteiger partial charge in [-0.1, -0.05) is 18.2 Å². The number of amides is 2. The lowest BCUT2D eigenvalue weighted by molar-refractivity contribution is -0.124. The van der Waals surface area contributed by atoms with Crippen LogP contribution in [0.3, 0.4) is 0 Å². The summed E-state index contributed by atoms with van der Waals surface area (Å²) >= 11 is 0. The van der Waals surface area contributed by atoms with E-state index in [0.29, 0.717) is 12.2 Å². The number of ether oxygens (including phenoxy) is 1. The molecule has 1 saturated heterocycles. The maximum atomic E-state index is 13.0. The Bertz CT molecular complexity index is 1150. The van der Waals surface area contributed by atoms with E-state index in [-0.39, 0.29) is 28.5 Å². The van der Waals surface area contributed by atoms with Crippen LogP contribution in [0.5, 0.6) is 0 Å². The van der Waals surface area contributed by atoms with E-state index in [2.05, 4.69) is 15.4 Å². The number of hydrogen-bond donors (Lipinski definition) is 3. The maximum Gasteiger partial charge on any atom is 0.263 e. The topological polar surface area (TPSA) is 114 Å². The van der Waals surface area contributed by atoms with E-state index in [9.17, 15) is 18.0 Å². The SMILES string of the molecule is CC(=O)Nc1ccc(C)cc1S(=O)(=O)Nc1ccc(C2(C(=O)NC[C@@H]3CCCO3)CC2)cc1. The third kappa shape index (κ3) is 5.20. The van der Waals surface area contributed by atoms with Gasteiger partial charge in [-0.05, 0) is 68.0 Å². The highest BCUT2D eigenvalue weighted by molar-refractivity contribution is 7.92. The first-order valence-electron chi connectivity index (χ1n) is 11.1. The van der Waals surface area contributed by atoms with Gasteiger partial charge in [-0.15, -0.1) is 0 Å². The fourth-order valence-electron chi connectivity index (χ4n) is 4.17. The van der Waals surface area contributed by atoms with Crippen molar-refractivity contribution in [3.05, 3.63) is 53.6 Å². The molecule has 0 spiro atoms. The lowest BCUT2D eigenvalue weighted by Gasteiger charge is -2.18. The van der Waals surface area contributed by atoms with Gasteiger partial charge >= 0.3 is 0 Å². The summed E-state index contributed by atoms with van der Waals surface area (Å²) in [6.45, 7) is 4.38. The molecular formula is C24H29N3O5S. The number of benzene rings is 2. The van der Waals surface area contributed by atoms with Crippen LogP contribution in [0.25, 0.3) is 0 Å². The highest BCUT2D eigenvalue weighted by atomic mass is 32.2. The third-order valence-corrected chi connectivity index (χ3v) is 7.55. The average molecular weight is 472 g/mol. The molecule has 1 heterocycles. The molecule has 1 aliphatic heterocycles. The Morgan fingerprint density at radius 2 is 1.85 bits per heavy atom. The zero-order chi connectivity index (χ0) is 23.6.